The summed E-state index contributed by atoms with van der Waals surface area (Å²) in [4.78, 5) is 11.8. The average Bonchev–Trinajstić information content (AvgIpc) is 2.81. The molecule has 96 valence electrons. The van der Waals surface area contributed by atoms with Crippen molar-refractivity contribution in [3.63, 3.8) is 0 Å². The van der Waals surface area contributed by atoms with E-state index in [1.165, 1.54) is 11.1 Å². The quantitative estimate of drug-likeness (QED) is 0.837. The largest absolute Gasteiger partial charge is 0.353 e. The van der Waals surface area contributed by atoms with E-state index in [4.69, 9.17) is 0 Å². The normalized spacial score (nSPS) is 28.8. The summed E-state index contributed by atoms with van der Waals surface area (Å²) in [6.45, 7) is 4.23. The van der Waals surface area contributed by atoms with E-state index in [2.05, 4.69) is 41.8 Å². The summed E-state index contributed by atoms with van der Waals surface area (Å²) in [5.41, 5.74) is 2.51. The maximum absolute atomic E-state index is 11.8. The fourth-order valence-corrected chi connectivity index (χ4v) is 2.90. The molecular formula is C15H20N2O. The Morgan fingerprint density at radius 2 is 1.94 bits per heavy atom. The molecule has 0 bridgehead atoms. The van der Waals surface area contributed by atoms with E-state index in [1.54, 1.807) is 0 Å². The number of fused-ring (bicyclic) bond motifs is 1. The van der Waals surface area contributed by atoms with E-state index in [0.29, 0.717) is 24.3 Å². The predicted octanol–water partition coefficient (Wildman–Crippen LogP) is 1.26. The van der Waals surface area contributed by atoms with E-state index < -0.39 is 0 Å². The van der Waals surface area contributed by atoms with Gasteiger partial charge >= 0.3 is 0 Å². The highest BCUT2D eigenvalue weighted by molar-refractivity contribution is 5.77. The van der Waals surface area contributed by atoms with Crippen LogP contribution in [-0.2, 0) is 11.2 Å². The Balaban J connectivity index is 1.43. The molecule has 18 heavy (non-hydrogen) atoms. The second kappa shape index (κ2) is 4.73. The molecule has 3 nitrogen and oxygen atoms in total. The van der Waals surface area contributed by atoms with Gasteiger partial charge in [0, 0.05) is 25.6 Å². The number of amides is 1. The Bertz CT molecular complexity index is 430. The number of hydrogen-bond donors (Lipinski definition) is 2. The zero-order chi connectivity index (χ0) is 12.5. The van der Waals surface area contributed by atoms with Crippen LogP contribution in [0.5, 0.6) is 0 Å². The first kappa shape index (κ1) is 11.7. The smallest absolute Gasteiger partial charge is 0.220 e. The lowest BCUT2D eigenvalue weighted by atomic mass is 10.1. The lowest BCUT2D eigenvalue weighted by Gasteiger charge is -2.07. The van der Waals surface area contributed by atoms with Crippen molar-refractivity contribution in [2.45, 2.75) is 25.8 Å². The summed E-state index contributed by atoms with van der Waals surface area (Å²) in [6.07, 6.45) is 1.44. The predicted molar refractivity (Wildman–Crippen MR) is 71.3 cm³/mol. The molecule has 2 fully saturated rings. The molecule has 1 aromatic rings. The zero-order valence-electron chi connectivity index (χ0n) is 10.8. The first-order chi connectivity index (χ1) is 8.74. The molecule has 2 atom stereocenters. The molecule has 3 rings (SSSR count). The van der Waals surface area contributed by atoms with Gasteiger partial charge in [0.05, 0.1) is 0 Å². The summed E-state index contributed by atoms with van der Waals surface area (Å²) in [5, 5.41) is 6.50. The molecule has 0 radical (unpaired) electrons. The van der Waals surface area contributed by atoms with E-state index in [9.17, 15) is 4.79 Å². The van der Waals surface area contributed by atoms with Gasteiger partial charge in [-0.15, -0.1) is 0 Å². The average molecular weight is 244 g/mol. The Labute approximate surface area is 108 Å². The summed E-state index contributed by atoms with van der Waals surface area (Å²) >= 11 is 0. The van der Waals surface area contributed by atoms with Gasteiger partial charge in [-0.25, -0.2) is 0 Å². The number of aryl methyl sites for hydroxylation is 2. The second-order valence-electron chi connectivity index (χ2n) is 5.56. The number of piperidine rings is 1. The lowest BCUT2D eigenvalue weighted by molar-refractivity contribution is -0.121. The number of carbonyl (C=O) groups is 1. The van der Waals surface area contributed by atoms with Gasteiger partial charge in [-0.3, -0.25) is 4.79 Å². The van der Waals surface area contributed by atoms with Crippen molar-refractivity contribution in [1.82, 2.24) is 10.6 Å². The zero-order valence-corrected chi connectivity index (χ0v) is 10.8. The van der Waals surface area contributed by atoms with Crippen LogP contribution in [0.15, 0.2) is 24.3 Å². The van der Waals surface area contributed by atoms with Gasteiger partial charge in [0.1, 0.15) is 0 Å². The van der Waals surface area contributed by atoms with E-state index in [-0.39, 0.29) is 5.91 Å². The third kappa shape index (κ3) is 2.41. The summed E-state index contributed by atoms with van der Waals surface area (Å²) in [5.74, 6) is 1.61. The molecule has 2 N–H and O–H groups in total. The third-order valence-electron chi connectivity index (χ3n) is 4.18. The molecule has 2 aliphatic rings. The molecule has 2 unspecified atom stereocenters. The third-order valence-corrected chi connectivity index (χ3v) is 4.18. The van der Waals surface area contributed by atoms with Crippen molar-refractivity contribution in [1.29, 1.82) is 0 Å². The minimum Gasteiger partial charge on any atom is -0.353 e. The molecular weight excluding hydrogens is 224 g/mol. The molecule has 1 saturated carbocycles. The van der Waals surface area contributed by atoms with Crippen molar-refractivity contribution in [3.05, 3.63) is 35.4 Å². The van der Waals surface area contributed by atoms with Crippen molar-refractivity contribution in [2.24, 2.45) is 11.8 Å². The monoisotopic (exact) mass is 244 g/mol. The molecule has 0 aromatic heterocycles. The lowest BCUT2D eigenvalue weighted by Crippen LogP contribution is -2.32. The maximum atomic E-state index is 11.8. The molecule has 1 saturated heterocycles. The van der Waals surface area contributed by atoms with Crippen LogP contribution in [0.25, 0.3) is 0 Å². The van der Waals surface area contributed by atoms with Crippen molar-refractivity contribution < 1.29 is 4.79 Å². The molecule has 3 heteroatoms. The number of nitrogens with one attached hydrogen (secondary N) is 2. The SMILES string of the molecule is Cc1ccc(CCC(=O)NC2C3CNCC32)cc1. The first-order valence-corrected chi connectivity index (χ1v) is 6.79. The van der Waals surface area contributed by atoms with Gasteiger partial charge in [-0.05, 0) is 30.7 Å². The van der Waals surface area contributed by atoms with E-state index in [0.717, 1.165) is 19.5 Å². The van der Waals surface area contributed by atoms with Gasteiger partial charge in [0.15, 0.2) is 0 Å². The fraction of sp³-hybridized carbons (Fsp3) is 0.533. The van der Waals surface area contributed by atoms with Gasteiger partial charge in [-0.1, -0.05) is 29.8 Å². The van der Waals surface area contributed by atoms with Crippen LogP contribution in [-0.4, -0.2) is 25.0 Å². The number of rotatable bonds is 4. The van der Waals surface area contributed by atoms with E-state index >= 15 is 0 Å². The topological polar surface area (TPSA) is 41.1 Å². The van der Waals surface area contributed by atoms with Gasteiger partial charge in [0.2, 0.25) is 5.91 Å². The molecule has 1 heterocycles. The van der Waals surface area contributed by atoms with Gasteiger partial charge in [-0.2, -0.15) is 0 Å². The number of hydrogen-bond acceptors (Lipinski definition) is 2. The summed E-state index contributed by atoms with van der Waals surface area (Å²) < 4.78 is 0. The van der Waals surface area contributed by atoms with Crippen LogP contribution in [0.4, 0.5) is 0 Å². The van der Waals surface area contributed by atoms with Crippen LogP contribution in [0.2, 0.25) is 0 Å². The first-order valence-electron chi connectivity index (χ1n) is 6.79. The van der Waals surface area contributed by atoms with Gasteiger partial charge in [0.25, 0.3) is 0 Å². The summed E-state index contributed by atoms with van der Waals surface area (Å²) in [7, 11) is 0. The Morgan fingerprint density at radius 1 is 1.28 bits per heavy atom. The minimum absolute atomic E-state index is 0.204. The molecule has 1 aliphatic carbocycles. The fourth-order valence-electron chi connectivity index (χ4n) is 2.90. The molecule has 0 spiro atoms. The highest BCUT2D eigenvalue weighted by Gasteiger charge is 2.53. The van der Waals surface area contributed by atoms with Crippen molar-refractivity contribution in [3.8, 4) is 0 Å². The summed E-state index contributed by atoms with van der Waals surface area (Å²) in [6, 6.07) is 8.88. The molecule has 1 amide bonds. The van der Waals surface area contributed by atoms with Crippen LogP contribution in [0.3, 0.4) is 0 Å². The van der Waals surface area contributed by atoms with E-state index in [1.807, 2.05) is 0 Å². The van der Waals surface area contributed by atoms with Crippen LogP contribution in [0, 0.1) is 18.8 Å². The van der Waals surface area contributed by atoms with Gasteiger partial charge < -0.3 is 10.6 Å². The number of benzene rings is 1. The van der Waals surface area contributed by atoms with Crippen LogP contribution >= 0.6 is 0 Å². The molecule has 1 aliphatic heterocycles. The Morgan fingerprint density at radius 3 is 2.61 bits per heavy atom. The standard InChI is InChI=1S/C15H20N2O/c1-10-2-4-11(5-3-10)6-7-14(18)17-15-12-8-16-9-13(12)15/h2-5,12-13,15-16H,6-9H2,1H3,(H,17,18). The Kier molecular flexibility index (Phi) is 3.08. The Hall–Kier alpha value is -1.35. The number of carbonyl (C=O) groups excluding carboxylic acids is 1. The highest BCUT2D eigenvalue weighted by Crippen LogP contribution is 2.41. The second-order valence-corrected chi connectivity index (χ2v) is 5.56. The molecule has 1 aromatic carbocycles. The maximum Gasteiger partial charge on any atom is 0.220 e. The van der Waals surface area contributed by atoms with Crippen molar-refractivity contribution in [2.75, 3.05) is 13.1 Å². The van der Waals surface area contributed by atoms with Crippen LogP contribution < -0.4 is 10.6 Å². The van der Waals surface area contributed by atoms with Crippen LogP contribution in [0.1, 0.15) is 17.5 Å². The minimum atomic E-state index is 0.204. The highest BCUT2D eigenvalue weighted by atomic mass is 16.1. The van der Waals surface area contributed by atoms with Crippen molar-refractivity contribution >= 4 is 5.91 Å².